The molecule has 90 valence electrons. The lowest BCUT2D eigenvalue weighted by atomic mass is 10.1. The molecule has 1 atom stereocenters. The number of anilines is 1. The van der Waals surface area contributed by atoms with E-state index < -0.39 is 0 Å². The van der Waals surface area contributed by atoms with Crippen molar-refractivity contribution >= 4 is 17.4 Å². The maximum atomic E-state index is 6.06. The Kier molecular flexibility index (Phi) is 4.54. The first kappa shape index (κ1) is 13.2. The summed E-state index contributed by atoms with van der Waals surface area (Å²) < 4.78 is 0. The first-order valence-corrected chi connectivity index (χ1v) is 6.05. The van der Waals surface area contributed by atoms with E-state index >= 15 is 0 Å². The van der Waals surface area contributed by atoms with Gasteiger partial charge in [-0.3, -0.25) is 0 Å². The van der Waals surface area contributed by atoms with Crippen LogP contribution in [0.15, 0.2) is 0 Å². The Labute approximate surface area is 103 Å². The molecule has 16 heavy (non-hydrogen) atoms. The summed E-state index contributed by atoms with van der Waals surface area (Å²) in [5.41, 5.74) is 0.957. The number of aromatic nitrogens is 2. The topological polar surface area (TPSA) is 29.0 Å². The van der Waals surface area contributed by atoms with E-state index in [9.17, 15) is 0 Å². The van der Waals surface area contributed by atoms with Crippen LogP contribution in [0, 0.1) is 19.8 Å². The second-order valence-corrected chi connectivity index (χ2v) is 4.76. The Morgan fingerprint density at radius 2 is 1.94 bits per heavy atom. The third-order valence-corrected chi connectivity index (χ3v) is 3.18. The average Bonchev–Trinajstić information content (AvgIpc) is 2.22. The van der Waals surface area contributed by atoms with Crippen molar-refractivity contribution in [1.29, 1.82) is 0 Å². The van der Waals surface area contributed by atoms with Crippen LogP contribution in [0.2, 0.25) is 5.15 Å². The fourth-order valence-corrected chi connectivity index (χ4v) is 1.84. The molecule has 1 aromatic rings. The van der Waals surface area contributed by atoms with Crippen LogP contribution in [0.4, 0.5) is 5.82 Å². The molecule has 0 saturated heterocycles. The molecule has 0 saturated carbocycles. The van der Waals surface area contributed by atoms with Crippen molar-refractivity contribution in [2.24, 2.45) is 5.92 Å². The Bertz CT molecular complexity index is 366. The van der Waals surface area contributed by atoms with Crippen LogP contribution in [-0.4, -0.2) is 23.6 Å². The van der Waals surface area contributed by atoms with Gasteiger partial charge in [-0.1, -0.05) is 31.9 Å². The molecule has 0 aromatic carbocycles. The highest BCUT2D eigenvalue weighted by molar-refractivity contribution is 6.30. The van der Waals surface area contributed by atoms with Crippen LogP contribution in [-0.2, 0) is 0 Å². The molecule has 0 spiro atoms. The fourth-order valence-electron chi connectivity index (χ4n) is 1.64. The van der Waals surface area contributed by atoms with Gasteiger partial charge >= 0.3 is 0 Å². The molecule has 1 rings (SSSR count). The van der Waals surface area contributed by atoms with E-state index in [1.165, 1.54) is 6.42 Å². The highest BCUT2D eigenvalue weighted by atomic mass is 35.5. The molecular formula is C12H20ClN3. The van der Waals surface area contributed by atoms with Gasteiger partial charge in [-0.25, -0.2) is 9.97 Å². The maximum absolute atomic E-state index is 6.06. The number of aryl methyl sites for hydroxylation is 1. The van der Waals surface area contributed by atoms with Crippen molar-refractivity contribution in [2.75, 3.05) is 18.5 Å². The summed E-state index contributed by atoms with van der Waals surface area (Å²) in [5, 5.41) is 0.554. The lowest BCUT2D eigenvalue weighted by Crippen LogP contribution is -2.25. The molecule has 3 nitrogen and oxygen atoms in total. The molecule has 0 N–H and O–H groups in total. The lowest BCUT2D eigenvalue weighted by Gasteiger charge is -2.23. The minimum absolute atomic E-state index is 0.554. The number of nitrogens with zero attached hydrogens (tertiary/aromatic N) is 3. The van der Waals surface area contributed by atoms with Gasteiger partial charge in [0.15, 0.2) is 0 Å². The molecule has 1 heterocycles. The molecule has 0 fully saturated rings. The van der Waals surface area contributed by atoms with Crippen LogP contribution in [0.5, 0.6) is 0 Å². The molecule has 0 aliphatic heterocycles. The molecule has 0 aliphatic carbocycles. The summed E-state index contributed by atoms with van der Waals surface area (Å²) in [6.45, 7) is 9.26. The Morgan fingerprint density at radius 3 is 2.50 bits per heavy atom. The van der Waals surface area contributed by atoms with Gasteiger partial charge in [0.2, 0.25) is 0 Å². The van der Waals surface area contributed by atoms with Crippen molar-refractivity contribution in [3.05, 3.63) is 16.5 Å². The fraction of sp³-hybridized carbons (Fsp3) is 0.667. The first-order valence-electron chi connectivity index (χ1n) is 5.67. The monoisotopic (exact) mass is 241 g/mol. The van der Waals surface area contributed by atoms with Crippen LogP contribution in [0.25, 0.3) is 0 Å². The van der Waals surface area contributed by atoms with E-state index in [-0.39, 0.29) is 0 Å². The van der Waals surface area contributed by atoms with E-state index in [0.717, 1.165) is 23.8 Å². The average molecular weight is 242 g/mol. The third kappa shape index (κ3) is 3.08. The van der Waals surface area contributed by atoms with Crippen molar-refractivity contribution in [3.63, 3.8) is 0 Å². The van der Waals surface area contributed by atoms with Gasteiger partial charge in [0.1, 0.15) is 16.8 Å². The second-order valence-electron chi connectivity index (χ2n) is 4.40. The minimum atomic E-state index is 0.554. The standard InChI is InChI=1S/C12H20ClN3/c1-6-8(2)7-16(5)12-9(3)11(13)14-10(4)15-12/h8H,6-7H2,1-5H3. The maximum Gasteiger partial charge on any atom is 0.137 e. The highest BCUT2D eigenvalue weighted by Crippen LogP contribution is 2.23. The van der Waals surface area contributed by atoms with Gasteiger partial charge in [0, 0.05) is 19.2 Å². The van der Waals surface area contributed by atoms with Gasteiger partial charge in [0.25, 0.3) is 0 Å². The summed E-state index contributed by atoms with van der Waals surface area (Å²) in [4.78, 5) is 10.8. The van der Waals surface area contributed by atoms with Crippen molar-refractivity contribution in [3.8, 4) is 0 Å². The van der Waals surface area contributed by atoms with E-state index in [0.29, 0.717) is 11.1 Å². The molecule has 1 unspecified atom stereocenters. The number of hydrogen-bond acceptors (Lipinski definition) is 3. The summed E-state index contributed by atoms with van der Waals surface area (Å²) in [6.07, 6.45) is 1.17. The van der Waals surface area contributed by atoms with E-state index in [1.54, 1.807) is 0 Å². The predicted octanol–water partition coefficient (Wildman–Crippen LogP) is 3.23. The Hall–Kier alpha value is -0.830. The molecule has 0 amide bonds. The zero-order valence-electron chi connectivity index (χ0n) is 10.7. The van der Waals surface area contributed by atoms with E-state index in [2.05, 4.69) is 35.8 Å². The normalized spacial score (nSPS) is 12.6. The van der Waals surface area contributed by atoms with Gasteiger partial charge in [-0.05, 0) is 19.8 Å². The van der Waals surface area contributed by atoms with Crippen molar-refractivity contribution in [1.82, 2.24) is 9.97 Å². The largest absolute Gasteiger partial charge is 0.359 e. The second kappa shape index (κ2) is 5.48. The highest BCUT2D eigenvalue weighted by Gasteiger charge is 2.13. The Balaban J connectivity index is 2.94. The molecular weight excluding hydrogens is 222 g/mol. The smallest absolute Gasteiger partial charge is 0.137 e. The Morgan fingerprint density at radius 1 is 1.31 bits per heavy atom. The van der Waals surface area contributed by atoms with Crippen LogP contribution < -0.4 is 4.90 Å². The summed E-state index contributed by atoms with van der Waals surface area (Å²) in [6, 6.07) is 0. The first-order chi connectivity index (χ1) is 7.45. The van der Waals surface area contributed by atoms with E-state index in [1.807, 2.05) is 13.8 Å². The lowest BCUT2D eigenvalue weighted by molar-refractivity contribution is 0.556. The minimum Gasteiger partial charge on any atom is -0.359 e. The number of rotatable bonds is 4. The summed E-state index contributed by atoms with van der Waals surface area (Å²) in [5.74, 6) is 2.32. The third-order valence-electron chi connectivity index (χ3n) is 2.82. The number of halogens is 1. The SMILES string of the molecule is CCC(C)CN(C)c1nc(C)nc(Cl)c1C. The predicted molar refractivity (Wildman–Crippen MR) is 69.2 cm³/mol. The van der Waals surface area contributed by atoms with Gasteiger partial charge in [-0.15, -0.1) is 0 Å². The van der Waals surface area contributed by atoms with Gasteiger partial charge in [0.05, 0.1) is 0 Å². The zero-order chi connectivity index (χ0) is 12.3. The molecule has 0 radical (unpaired) electrons. The molecule has 4 heteroatoms. The van der Waals surface area contributed by atoms with Crippen LogP contribution in [0.3, 0.4) is 0 Å². The zero-order valence-corrected chi connectivity index (χ0v) is 11.5. The molecule has 0 bridgehead atoms. The van der Waals surface area contributed by atoms with Crippen LogP contribution in [0.1, 0.15) is 31.7 Å². The van der Waals surface area contributed by atoms with Crippen molar-refractivity contribution < 1.29 is 0 Å². The van der Waals surface area contributed by atoms with E-state index in [4.69, 9.17) is 11.6 Å². The quantitative estimate of drug-likeness (QED) is 0.758. The molecule has 1 aromatic heterocycles. The summed E-state index contributed by atoms with van der Waals surface area (Å²) in [7, 11) is 2.05. The van der Waals surface area contributed by atoms with Gasteiger partial charge < -0.3 is 4.90 Å². The van der Waals surface area contributed by atoms with Crippen molar-refractivity contribution in [2.45, 2.75) is 34.1 Å². The number of hydrogen-bond donors (Lipinski definition) is 0. The van der Waals surface area contributed by atoms with Crippen LogP contribution >= 0.6 is 11.6 Å². The summed E-state index contributed by atoms with van der Waals surface area (Å²) >= 11 is 6.06. The molecule has 0 aliphatic rings. The van der Waals surface area contributed by atoms with Gasteiger partial charge in [-0.2, -0.15) is 0 Å².